The first-order chi connectivity index (χ1) is 12.2. The van der Waals surface area contributed by atoms with Gasteiger partial charge in [-0.15, -0.1) is 0 Å². The summed E-state index contributed by atoms with van der Waals surface area (Å²) in [6.07, 6.45) is 6.63. The van der Waals surface area contributed by atoms with Gasteiger partial charge >= 0.3 is 0 Å². The van der Waals surface area contributed by atoms with Gasteiger partial charge in [-0.1, -0.05) is 0 Å². The summed E-state index contributed by atoms with van der Waals surface area (Å²) in [5.41, 5.74) is 0.932. The van der Waals surface area contributed by atoms with E-state index in [0.29, 0.717) is 37.9 Å². The van der Waals surface area contributed by atoms with E-state index in [4.69, 9.17) is 4.74 Å². The van der Waals surface area contributed by atoms with Crippen LogP contribution in [0.4, 0.5) is 0 Å². The maximum absolute atomic E-state index is 12.8. The average molecular weight is 346 g/mol. The molecule has 0 aromatic carbocycles. The lowest BCUT2D eigenvalue weighted by Gasteiger charge is -2.33. The number of hydrogen-bond acceptors (Lipinski definition) is 4. The SMILES string of the molecule is O=C(NCC1CCOCC1)[C@H]1CN(C(=O)CC2CC2)Cc2ccnn21. The minimum atomic E-state index is -0.429. The van der Waals surface area contributed by atoms with Gasteiger partial charge < -0.3 is 15.0 Å². The van der Waals surface area contributed by atoms with Crippen molar-refractivity contribution in [1.29, 1.82) is 0 Å². The van der Waals surface area contributed by atoms with Crippen LogP contribution < -0.4 is 5.32 Å². The van der Waals surface area contributed by atoms with Gasteiger partial charge in [-0.3, -0.25) is 14.3 Å². The summed E-state index contributed by atoms with van der Waals surface area (Å²) in [6.45, 7) is 3.19. The molecule has 3 heterocycles. The third-order valence-corrected chi connectivity index (χ3v) is 5.52. The summed E-state index contributed by atoms with van der Waals surface area (Å²) >= 11 is 0. The van der Waals surface area contributed by atoms with Gasteiger partial charge in [0, 0.05) is 32.4 Å². The van der Waals surface area contributed by atoms with E-state index in [9.17, 15) is 9.59 Å². The van der Waals surface area contributed by atoms with Crippen molar-refractivity contribution in [3.63, 3.8) is 0 Å². The molecule has 1 saturated heterocycles. The van der Waals surface area contributed by atoms with Crippen molar-refractivity contribution in [2.75, 3.05) is 26.3 Å². The Bertz CT molecular complexity index is 634. The number of aromatic nitrogens is 2. The van der Waals surface area contributed by atoms with E-state index >= 15 is 0 Å². The van der Waals surface area contributed by atoms with Gasteiger partial charge in [-0.25, -0.2) is 0 Å². The molecule has 1 aromatic heterocycles. The van der Waals surface area contributed by atoms with E-state index in [1.807, 2.05) is 11.0 Å². The number of carbonyl (C=O) groups excluding carboxylic acids is 2. The van der Waals surface area contributed by atoms with Crippen molar-refractivity contribution in [1.82, 2.24) is 20.0 Å². The number of fused-ring (bicyclic) bond motifs is 1. The number of nitrogens with zero attached hydrogens (tertiary/aromatic N) is 3. The first kappa shape index (κ1) is 16.6. The summed E-state index contributed by atoms with van der Waals surface area (Å²) in [7, 11) is 0. The zero-order valence-electron chi connectivity index (χ0n) is 14.5. The largest absolute Gasteiger partial charge is 0.381 e. The van der Waals surface area contributed by atoms with Crippen LogP contribution in [0.2, 0.25) is 0 Å². The van der Waals surface area contributed by atoms with Crippen LogP contribution in [0.25, 0.3) is 0 Å². The Labute approximate surface area is 147 Å². The molecule has 4 rings (SSSR count). The van der Waals surface area contributed by atoms with Gasteiger partial charge in [0.25, 0.3) is 0 Å². The summed E-state index contributed by atoms with van der Waals surface area (Å²) in [5.74, 6) is 1.16. The minimum Gasteiger partial charge on any atom is -0.381 e. The van der Waals surface area contributed by atoms with E-state index in [2.05, 4.69) is 10.4 Å². The predicted molar refractivity (Wildman–Crippen MR) is 90.6 cm³/mol. The van der Waals surface area contributed by atoms with Gasteiger partial charge in [0.15, 0.2) is 0 Å². The lowest BCUT2D eigenvalue weighted by Crippen LogP contribution is -2.48. The van der Waals surface area contributed by atoms with Crippen LogP contribution in [-0.4, -0.2) is 52.8 Å². The van der Waals surface area contributed by atoms with Gasteiger partial charge in [-0.05, 0) is 43.6 Å². The van der Waals surface area contributed by atoms with Crippen molar-refractivity contribution < 1.29 is 14.3 Å². The van der Waals surface area contributed by atoms with Crippen molar-refractivity contribution in [2.24, 2.45) is 11.8 Å². The second kappa shape index (κ2) is 7.15. The molecule has 1 atom stereocenters. The van der Waals surface area contributed by atoms with Crippen molar-refractivity contribution in [3.8, 4) is 0 Å². The van der Waals surface area contributed by atoms with Crippen LogP contribution in [0.3, 0.4) is 0 Å². The maximum Gasteiger partial charge on any atom is 0.246 e. The lowest BCUT2D eigenvalue weighted by molar-refractivity contribution is -0.136. The topological polar surface area (TPSA) is 76.5 Å². The number of carbonyl (C=O) groups is 2. The maximum atomic E-state index is 12.8. The third-order valence-electron chi connectivity index (χ3n) is 5.52. The first-order valence-electron chi connectivity index (χ1n) is 9.36. The van der Waals surface area contributed by atoms with Crippen LogP contribution >= 0.6 is 0 Å². The first-order valence-corrected chi connectivity index (χ1v) is 9.36. The average Bonchev–Trinajstić information content (AvgIpc) is 3.32. The number of amides is 2. The number of nitrogens with one attached hydrogen (secondary N) is 1. The molecule has 2 amide bonds. The van der Waals surface area contributed by atoms with Crippen molar-refractivity contribution >= 4 is 11.8 Å². The standard InChI is InChI=1S/C18H26N4O3/c23-17(9-13-1-2-13)21-11-15-3-6-20-22(15)16(12-21)18(24)19-10-14-4-7-25-8-5-14/h3,6,13-14,16H,1-2,4-5,7-12H2,(H,19,24)/t16-/m1/s1. The van der Waals surface area contributed by atoms with E-state index in [1.165, 1.54) is 0 Å². The van der Waals surface area contributed by atoms with Gasteiger partial charge in [0.05, 0.1) is 18.8 Å². The third kappa shape index (κ3) is 3.86. The molecule has 1 aliphatic carbocycles. The molecule has 0 bridgehead atoms. The highest BCUT2D eigenvalue weighted by Crippen LogP contribution is 2.33. The van der Waals surface area contributed by atoms with Crippen molar-refractivity contribution in [3.05, 3.63) is 18.0 Å². The zero-order valence-corrected chi connectivity index (χ0v) is 14.5. The van der Waals surface area contributed by atoms with Gasteiger partial charge in [-0.2, -0.15) is 5.10 Å². The van der Waals surface area contributed by atoms with Crippen LogP contribution in [0, 0.1) is 11.8 Å². The molecule has 7 nitrogen and oxygen atoms in total. The Morgan fingerprint density at radius 3 is 2.76 bits per heavy atom. The molecule has 2 aliphatic heterocycles. The zero-order chi connectivity index (χ0) is 17.2. The summed E-state index contributed by atoms with van der Waals surface area (Å²) in [5, 5.41) is 7.39. The molecular weight excluding hydrogens is 320 g/mol. The van der Waals surface area contributed by atoms with Crippen LogP contribution in [0.5, 0.6) is 0 Å². The van der Waals surface area contributed by atoms with Crippen LogP contribution in [0.1, 0.15) is 43.8 Å². The predicted octanol–water partition coefficient (Wildman–Crippen LogP) is 1.11. The molecule has 7 heteroatoms. The van der Waals surface area contributed by atoms with Gasteiger partial charge in [0.2, 0.25) is 11.8 Å². The number of rotatable bonds is 5. The molecule has 136 valence electrons. The molecule has 1 aromatic rings. The van der Waals surface area contributed by atoms with Crippen molar-refractivity contribution in [2.45, 2.75) is 44.7 Å². The second-order valence-corrected chi connectivity index (χ2v) is 7.51. The van der Waals surface area contributed by atoms with E-state index < -0.39 is 6.04 Å². The Balaban J connectivity index is 1.40. The molecule has 1 saturated carbocycles. The normalized spacial score (nSPS) is 24.0. The Kier molecular flexibility index (Phi) is 4.74. The fraction of sp³-hybridized carbons (Fsp3) is 0.722. The molecule has 25 heavy (non-hydrogen) atoms. The van der Waals surface area contributed by atoms with Crippen LogP contribution in [-0.2, 0) is 20.9 Å². The Hall–Kier alpha value is -1.89. The van der Waals surface area contributed by atoms with Crippen LogP contribution in [0.15, 0.2) is 12.3 Å². The Morgan fingerprint density at radius 2 is 2.00 bits per heavy atom. The molecule has 0 unspecified atom stereocenters. The second-order valence-electron chi connectivity index (χ2n) is 7.51. The molecule has 1 N–H and O–H groups in total. The highest BCUT2D eigenvalue weighted by molar-refractivity contribution is 5.83. The highest BCUT2D eigenvalue weighted by atomic mass is 16.5. The molecular formula is C18H26N4O3. The fourth-order valence-corrected chi connectivity index (χ4v) is 3.69. The summed E-state index contributed by atoms with van der Waals surface area (Å²) < 4.78 is 7.14. The minimum absolute atomic E-state index is 0.0413. The van der Waals surface area contributed by atoms with Gasteiger partial charge in [0.1, 0.15) is 6.04 Å². The quantitative estimate of drug-likeness (QED) is 0.866. The smallest absolute Gasteiger partial charge is 0.246 e. The summed E-state index contributed by atoms with van der Waals surface area (Å²) in [4.78, 5) is 27.1. The summed E-state index contributed by atoms with van der Waals surface area (Å²) in [6, 6.07) is 1.47. The lowest BCUT2D eigenvalue weighted by atomic mass is 10.0. The number of hydrogen-bond donors (Lipinski definition) is 1. The highest BCUT2D eigenvalue weighted by Gasteiger charge is 2.35. The monoisotopic (exact) mass is 346 g/mol. The fourth-order valence-electron chi connectivity index (χ4n) is 3.69. The van der Waals surface area contributed by atoms with E-state index in [0.717, 1.165) is 44.6 Å². The molecule has 2 fully saturated rings. The van der Waals surface area contributed by atoms with E-state index in [1.54, 1.807) is 10.9 Å². The molecule has 0 spiro atoms. The number of ether oxygens (including phenoxy) is 1. The molecule has 3 aliphatic rings. The molecule has 0 radical (unpaired) electrons. The Morgan fingerprint density at radius 1 is 1.20 bits per heavy atom. The van der Waals surface area contributed by atoms with E-state index in [-0.39, 0.29) is 11.8 Å².